The number of halogens is 7. The molecule has 0 saturated carbocycles. The van der Waals surface area contributed by atoms with Gasteiger partial charge >= 0.3 is 12.4 Å². The molecule has 0 bridgehead atoms. The Morgan fingerprint density at radius 3 is 1.53 bits per heavy atom. The highest BCUT2D eigenvalue weighted by Gasteiger charge is 2.40. The predicted molar refractivity (Wildman–Crippen MR) is 50.7 cm³/mol. The van der Waals surface area contributed by atoms with Crippen molar-refractivity contribution in [3.05, 3.63) is 34.4 Å². The van der Waals surface area contributed by atoms with Crippen LogP contribution in [-0.4, -0.2) is 0 Å². The van der Waals surface area contributed by atoms with Crippen LogP contribution in [0.4, 0.5) is 26.3 Å². The molecule has 0 spiro atoms. The molecule has 1 rings (SSSR count). The molecule has 0 aliphatic rings. The summed E-state index contributed by atoms with van der Waals surface area (Å²) in [6, 6.07) is 1.32. The lowest BCUT2D eigenvalue weighted by molar-refractivity contribution is -0.144. The molecule has 0 atom stereocenters. The lowest BCUT2D eigenvalue weighted by atomic mass is 9.98. The van der Waals surface area contributed by atoms with E-state index in [1.165, 1.54) is 6.92 Å². The first kappa shape index (κ1) is 14.2. The largest absolute Gasteiger partial charge is 0.416 e. The Morgan fingerprint density at radius 2 is 1.29 bits per heavy atom. The van der Waals surface area contributed by atoms with E-state index in [4.69, 9.17) is 11.6 Å². The van der Waals surface area contributed by atoms with Crippen LogP contribution in [0.25, 0.3) is 0 Å². The van der Waals surface area contributed by atoms with Crippen molar-refractivity contribution in [3.8, 4) is 0 Å². The minimum absolute atomic E-state index is 0.112. The van der Waals surface area contributed by atoms with E-state index >= 15 is 0 Å². The van der Waals surface area contributed by atoms with Gasteiger partial charge in [0, 0.05) is 5.88 Å². The molecule has 0 aliphatic heterocycles. The van der Waals surface area contributed by atoms with E-state index in [0.29, 0.717) is 12.1 Å². The van der Waals surface area contributed by atoms with Gasteiger partial charge in [-0.25, -0.2) is 0 Å². The summed E-state index contributed by atoms with van der Waals surface area (Å²) in [6.07, 6.45) is -9.70. The molecule has 17 heavy (non-hydrogen) atoms. The van der Waals surface area contributed by atoms with Gasteiger partial charge in [-0.2, -0.15) is 26.3 Å². The molecular formula is C10H7ClF6. The van der Waals surface area contributed by atoms with Crippen LogP contribution in [-0.2, 0) is 18.2 Å². The van der Waals surface area contributed by atoms with E-state index in [0.717, 1.165) is 0 Å². The first-order valence-electron chi connectivity index (χ1n) is 4.41. The maximum atomic E-state index is 12.6. The lowest BCUT2D eigenvalue weighted by Crippen LogP contribution is -2.16. The minimum atomic E-state index is -4.85. The van der Waals surface area contributed by atoms with Crippen molar-refractivity contribution < 1.29 is 26.3 Å². The third-order valence-corrected chi connectivity index (χ3v) is 2.41. The highest BCUT2D eigenvalue weighted by Crippen LogP contribution is 2.40. The number of hydrogen-bond donors (Lipinski definition) is 0. The molecule has 0 heterocycles. The first-order valence-corrected chi connectivity index (χ1v) is 4.94. The summed E-state index contributed by atoms with van der Waals surface area (Å²) >= 11 is 5.20. The van der Waals surface area contributed by atoms with Gasteiger partial charge in [0.05, 0.1) is 11.1 Å². The summed E-state index contributed by atoms with van der Waals surface area (Å²) < 4.78 is 75.3. The fourth-order valence-electron chi connectivity index (χ4n) is 1.47. The quantitative estimate of drug-likeness (QED) is 0.512. The molecule has 0 saturated heterocycles. The second-order valence-electron chi connectivity index (χ2n) is 3.47. The zero-order chi connectivity index (χ0) is 13.4. The molecule has 0 N–H and O–H groups in total. The standard InChI is InChI=1S/C10H7ClF6/c1-5-2-7(9(12,13)14)6(4-11)8(3-5)10(15,16)17/h2-3H,4H2,1H3. The third-order valence-electron chi connectivity index (χ3n) is 2.14. The summed E-state index contributed by atoms with van der Waals surface area (Å²) in [5.74, 6) is -0.843. The Hall–Kier alpha value is -0.910. The second kappa shape index (κ2) is 4.40. The van der Waals surface area contributed by atoms with Crippen LogP contribution in [0.5, 0.6) is 0 Å². The van der Waals surface area contributed by atoms with Crippen LogP contribution in [0, 0.1) is 6.92 Å². The Bertz CT molecular complexity index is 383. The van der Waals surface area contributed by atoms with Gasteiger partial charge in [-0.05, 0) is 30.2 Å². The van der Waals surface area contributed by atoms with E-state index in [2.05, 4.69) is 0 Å². The van der Waals surface area contributed by atoms with Crippen LogP contribution < -0.4 is 0 Å². The predicted octanol–water partition coefficient (Wildman–Crippen LogP) is 4.77. The van der Waals surface area contributed by atoms with Crippen molar-refractivity contribution in [3.63, 3.8) is 0 Å². The zero-order valence-corrected chi connectivity index (χ0v) is 9.26. The number of alkyl halides is 7. The van der Waals surface area contributed by atoms with E-state index in [-0.39, 0.29) is 5.56 Å². The van der Waals surface area contributed by atoms with Crippen LogP contribution in [0.3, 0.4) is 0 Å². The van der Waals surface area contributed by atoms with Crippen molar-refractivity contribution in [2.45, 2.75) is 25.2 Å². The Morgan fingerprint density at radius 1 is 0.941 bits per heavy atom. The van der Waals surface area contributed by atoms with Crippen molar-refractivity contribution in [1.29, 1.82) is 0 Å². The third kappa shape index (κ3) is 3.06. The SMILES string of the molecule is Cc1cc(C(F)(F)F)c(CCl)c(C(F)(F)F)c1. The van der Waals surface area contributed by atoms with Gasteiger partial charge in [-0.15, -0.1) is 11.6 Å². The number of aryl methyl sites for hydroxylation is 1. The molecule has 7 heteroatoms. The average molecular weight is 277 g/mol. The van der Waals surface area contributed by atoms with E-state index < -0.39 is 34.9 Å². The summed E-state index contributed by atoms with van der Waals surface area (Å²) in [5, 5.41) is 0. The van der Waals surface area contributed by atoms with E-state index in [9.17, 15) is 26.3 Å². The zero-order valence-electron chi connectivity index (χ0n) is 8.51. The number of rotatable bonds is 1. The first-order chi connectivity index (χ1) is 7.57. The minimum Gasteiger partial charge on any atom is -0.166 e. The van der Waals surface area contributed by atoms with Crippen molar-refractivity contribution in [1.82, 2.24) is 0 Å². The molecule has 1 aromatic carbocycles. The highest BCUT2D eigenvalue weighted by molar-refractivity contribution is 6.17. The fourth-order valence-corrected chi connectivity index (χ4v) is 1.75. The van der Waals surface area contributed by atoms with Crippen LogP contribution in [0.15, 0.2) is 12.1 Å². The molecular weight excluding hydrogens is 270 g/mol. The lowest BCUT2D eigenvalue weighted by Gasteiger charge is -2.18. The summed E-state index contributed by atoms with van der Waals surface area (Å²) in [6.45, 7) is 1.17. The monoisotopic (exact) mass is 276 g/mol. The molecule has 0 radical (unpaired) electrons. The average Bonchev–Trinajstić information content (AvgIpc) is 2.13. The Labute approximate surface area is 98.2 Å². The van der Waals surface area contributed by atoms with Gasteiger partial charge in [0.15, 0.2) is 0 Å². The van der Waals surface area contributed by atoms with E-state index in [1.54, 1.807) is 0 Å². The molecule has 0 amide bonds. The summed E-state index contributed by atoms with van der Waals surface area (Å²) in [4.78, 5) is 0. The topological polar surface area (TPSA) is 0 Å². The van der Waals surface area contributed by atoms with Gasteiger partial charge in [0.1, 0.15) is 0 Å². The summed E-state index contributed by atoms with van der Waals surface area (Å²) in [7, 11) is 0. The molecule has 1 aromatic rings. The smallest absolute Gasteiger partial charge is 0.166 e. The molecule has 96 valence electrons. The fraction of sp³-hybridized carbons (Fsp3) is 0.400. The molecule has 0 fully saturated rings. The second-order valence-corrected chi connectivity index (χ2v) is 3.74. The highest BCUT2D eigenvalue weighted by atomic mass is 35.5. The van der Waals surface area contributed by atoms with Gasteiger partial charge in [0.2, 0.25) is 0 Å². The number of hydrogen-bond acceptors (Lipinski definition) is 0. The van der Waals surface area contributed by atoms with Gasteiger partial charge in [-0.1, -0.05) is 0 Å². The maximum absolute atomic E-state index is 12.6. The van der Waals surface area contributed by atoms with Crippen molar-refractivity contribution in [2.24, 2.45) is 0 Å². The van der Waals surface area contributed by atoms with Crippen LogP contribution in [0.1, 0.15) is 22.3 Å². The van der Waals surface area contributed by atoms with Crippen molar-refractivity contribution in [2.75, 3.05) is 0 Å². The van der Waals surface area contributed by atoms with Gasteiger partial charge < -0.3 is 0 Å². The summed E-state index contributed by atoms with van der Waals surface area (Å²) in [5.41, 5.74) is -3.71. The van der Waals surface area contributed by atoms with Crippen molar-refractivity contribution >= 4 is 11.6 Å². The molecule has 0 unspecified atom stereocenters. The molecule has 0 nitrogen and oxygen atoms in total. The molecule has 0 aromatic heterocycles. The van der Waals surface area contributed by atoms with Crippen LogP contribution in [0.2, 0.25) is 0 Å². The van der Waals surface area contributed by atoms with E-state index in [1.807, 2.05) is 0 Å². The van der Waals surface area contributed by atoms with Gasteiger partial charge in [-0.3, -0.25) is 0 Å². The molecule has 0 aliphatic carbocycles. The Kier molecular flexibility index (Phi) is 3.66. The normalized spacial score (nSPS) is 12.9. The number of benzene rings is 1. The van der Waals surface area contributed by atoms with Crippen LogP contribution >= 0.6 is 11.6 Å². The van der Waals surface area contributed by atoms with Gasteiger partial charge in [0.25, 0.3) is 0 Å². The maximum Gasteiger partial charge on any atom is 0.416 e. The Balaban J connectivity index is 3.58.